The number of amides is 1. The fourth-order valence-corrected chi connectivity index (χ4v) is 1.78. The van der Waals surface area contributed by atoms with E-state index >= 15 is 0 Å². The predicted molar refractivity (Wildman–Crippen MR) is 59.7 cm³/mol. The van der Waals surface area contributed by atoms with E-state index in [9.17, 15) is 18.8 Å². The molecule has 1 aliphatic heterocycles. The highest BCUT2D eigenvalue weighted by Crippen LogP contribution is 2.26. The van der Waals surface area contributed by atoms with E-state index in [-0.39, 0.29) is 17.9 Å². The number of anilines is 1. The molecule has 0 bridgehead atoms. The van der Waals surface area contributed by atoms with Crippen molar-refractivity contribution in [3.63, 3.8) is 0 Å². The van der Waals surface area contributed by atoms with Crippen molar-refractivity contribution in [2.75, 3.05) is 12.4 Å². The van der Waals surface area contributed by atoms with Crippen LogP contribution in [0.5, 0.6) is 0 Å². The zero-order chi connectivity index (χ0) is 13.3. The number of carbonyl (C=O) groups is 3. The maximum Gasteiger partial charge on any atom is 0.379 e. The van der Waals surface area contributed by atoms with E-state index < -0.39 is 17.6 Å². The largest absolute Gasteiger partial charge is 0.463 e. The molecule has 1 aliphatic rings. The van der Waals surface area contributed by atoms with Gasteiger partial charge in [-0.1, -0.05) is 0 Å². The highest BCUT2D eigenvalue weighted by atomic mass is 19.1. The van der Waals surface area contributed by atoms with Crippen molar-refractivity contribution in [1.82, 2.24) is 0 Å². The molecule has 94 valence electrons. The molecule has 2 rings (SSSR count). The van der Waals surface area contributed by atoms with Gasteiger partial charge in [-0.25, -0.2) is 9.18 Å². The van der Waals surface area contributed by atoms with Gasteiger partial charge in [0.25, 0.3) is 5.78 Å². The molecular weight excluding hydrogens is 241 g/mol. The van der Waals surface area contributed by atoms with Crippen molar-refractivity contribution in [2.24, 2.45) is 0 Å². The molecule has 1 aromatic carbocycles. The standard InChI is InChI=1S/C12H10FNO4/c1-18-12(17)11(16)7-4-6-2-3-10(15)14-9(6)5-8(7)13/h4-5H,2-3H2,1H3,(H,14,15). The first-order chi connectivity index (χ1) is 8.52. The summed E-state index contributed by atoms with van der Waals surface area (Å²) in [5.41, 5.74) is 0.630. The average Bonchev–Trinajstić information content (AvgIpc) is 2.36. The van der Waals surface area contributed by atoms with E-state index in [1.54, 1.807) is 0 Å². The fourth-order valence-electron chi connectivity index (χ4n) is 1.78. The second kappa shape index (κ2) is 4.56. The number of aryl methyl sites for hydroxylation is 1. The van der Waals surface area contributed by atoms with Crippen molar-refractivity contribution in [1.29, 1.82) is 0 Å². The van der Waals surface area contributed by atoms with Gasteiger partial charge in [-0.2, -0.15) is 0 Å². The Bertz CT molecular complexity index is 553. The Hall–Kier alpha value is -2.24. The van der Waals surface area contributed by atoms with Crippen LogP contribution < -0.4 is 5.32 Å². The Morgan fingerprint density at radius 2 is 2.06 bits per heavy atom. The maximum absolute atomic E-state index is 13.7. The summed E-state index contributed by atoms with van der Waals surface area (Å²) in [5.74, 6) is -3.20. The number of esters is 1. The second-order valence-electron chi connectivity index (χ2n) is 3.86. The number of halogens is 1. The summed E-state index contributed by atoms with van der Waals surface area (Å²) < 4.78 is 17.9. The molecular formula is C12H10FNO4. The number of benzene rings is 1. The van der Waals surface area contributed by atoms with Crippen LogP contribution in [0.4, 0.5) is 10.1 Å². The zero-order valence-electron chi connectivity index (χ0n) is 9.58. The van der Waals surface area contributed by atoms with Crippen molar-refractivity contribution < 1.29 is 23.5 Å². The molecule has 18 heavy (non-hydrogen) atoms. The van der Waals surface area contributed by atoms with Crippen LogP contribution in [0.25, 0.3) is 0 Å². The first kappa shape index (κ1) is 12.2. The number of fused-ring (bicyclic) bond motifs is 1. The molecule has 0 aliphatic carbocycles. The summed E-state index contributed by atoms with van der Waals surface area (Å²) >= 11 is 0. The van der Waals surface area contributed by atoms with Crippen LogP contribution in [-0.2, 0) is 20.7 Å². The number of ether oxygens (including phenoxy) is 1. The van der Waals surface area contributed by atoms with Crippen LogP contribution in [0.3, 0.4) is 0 Å². The van der Waals surface area contributed by atoms with Crippen LogP contribution in [0, 0.1) is 5.82 Å². The molecule has 1 N–H and O–H groups in total. The van der Waals surface area contributed by atoms with Crippen molar-refractivity contribution in [2.45, 2.75) is 12.8 Å². The summed E-state index contributed by atoms with van der Waals surface area (Å²) in [6.45, 7) is 0. The Labute approximate surface area is 102 Å². The second-order valence-corrected chi connectivity index (χ2v) is 3.86. The number of hydrogen-bond acceptors (Lipinski definition) is 4. The Morgan fingerprint density at radius 3 is 2.72 bits per heavy atom. The highest BCUT2D eigenvalue weighted by molar-refractivity contribution is 6.40. The topological polar surface area (TPSA) is 72.5 Å². The molecule has 0 radical (unpaired) electrons. The van der Waals surface area contributed by atoms with Gasteiger partial charge in [-0.15, -0.1) is 0 Å². The minimum Gasteiger partial charge on any atom is -0.463 e. The Morgan fingerprint density at radius 1 is 1.33 bits per heavy atom. The van der Waals surface area contributed by atoms with E-state index in [1.165, 1.54) is 6.07 Å². The third kappa shape index (κ3) is 2.09. The quantitative estimate of drug-likeness (QED) is 0.484. The van der Waals surface area contributed by atoms with Crippen LogP contribution in [-0.4, -0.2) is 24.8 Å². The molecule has 0 saturated carbocycles. The maximum atomic E-state index is 13.7. The van der Waals surface area contributed by atoms with Gasteiger partial charge < -0.3 is 10.1 Å². The first-order valence-electron chi connectivity index (χ1n) is 5.28. The highest BCUT2D eigenvalue weighted by Gasteiger charge is 2.24. The van der Waals surface area contributed by atoms with Gasteiger partial charge in [0.2, 0.25) is 5.91 Å². The van der Waals surface area contributed by atoms with Crippen LogP contribution in [0.15, 0.2) is 12.1 Å². The molecule has 0 spiro atoms. The third-order valence-corrected chi connectivity index (χ3v) is 2.70. The molecule has 1 aromatic rings. The number of Topliss-reactive ketones (excluding diaryl/α,β-unsaturated/α-hetero) is 1. The zero-order valence-corrected chi connectivity index (χ0v) is 9.58. The fraction of sp³-hybridized carbons (Fsp3) is 0.250. The van der Waals surface area contributed by atoms with Gasteiger partial charge in [0.1, 0.15) is 5.82 Å². The lowest BCUT2D eigenvalue weighted by Gasteiger charge is -2.17. The van der Waals surface area contributed by atoms with Gasteiger partial charge in [0.05, 0.1) is 12.7 Å². The number of methoxy groups -OCH3 is 1. The minimum absolute atomic E-state index is 0.200. The predicted octanol–water partition coefficient (Wildman–Crippen LogP) is 1.07. The summed E-state index contributed by atoms with van der Waals surface area (Å²) in [5, 5.41) is 2.50. The molecule has 5 nitrogen and oxygen atoms in total. The van der Waals surface area contributed by atoms with E-state index in [2.05, 4.69) is 10.1 Å². The summed E-state index contributed by atoms with van der Waals surface area (Å²) in [6, 6.07) is 2.33. The van der Waals surface area contributed by atoms with E-state index in [0.29, 0.717) is 17.7 Å². The summed E-state index contributed by atoms with van der Waals surface area (Å²) in [4.78, 5) is 33.8. The lowest BCUT2D eigenvalue weighted by Crippen LogP contribution is -2.22. The number of carbonyl (C=O) groups excluding carboxylic acids is 3. The van der Waals surface area contributed by atoms with Gasteiger partial charge in [-0.3, -0.25) is 9.59 Å². The van der Waals surface area contributed by atoms with Gasteiger partial charge in [-0.05, 0) is 24.1 Å². The molecule has 0 atom stereocenters. The van der Waals surface area contributed by atoms with E-state index in [1.807, 2.05) is 0 Å². The van der Waals surface area contributed by atoms with Crippen molar-refractivity contribution >= 4 is 23.3 Å². The van der Waals surface area contributed by atoms with Crippen LogP contribution >= 0.6 is 0 Å². The molecule has 0 saturated heterocycles. The number of nitrogens with one attached hydrogen (secondary N) is 1. The van der Waals surface area contributed by atoms with Crippen molar-refractivity contribution in [3.05, 3.63) is 29.1 Å². The number of rotatable bonds is 2. The Kier molecular flexibility index (Phi) is 3.10. The van der Waals surface area contributed by atoms with E-state index in [4.69, 9.17) is 0 Å². The smallest absolute Gasteiger partial charge is 0.379 e. The number of hydrogen-bond donors (Lipinski definition) is 1. The molecule has 0 fully saturated rings. The van der Waals surface area contributed by atoms with E-state index in [0.717, 1.165) is 13.2 Å². The van der Waals surface area contributed by atoms with Crippen molar-refractivity contribution in [3.8, 4) is 0 Å². The minimum atomic E-state index is -1.12. The summed E-state index contributed by atoms with van der Waals surface area (Å²) in [6.07, 6.45) is 0.674. The lowest BCUT2D eigenvalue weighted by molar-refractivity contribution is -0.135. The van der Waals surface area contributed by atoms with Crippen LogP contribution in [0.1, 0.15) is 22.3 Å². The lowest BCUT2D eigenvalue weighted by atomic mass is 9.98. The molecule has 0 unspecified atom stereocenters. The number of ketones is 1. The van der Waals surface area contributed by atoms with Gasteiger partial charge in [0.15, 0.2) is 0 Å². The van der Waals surface area contributed by atoms with Gasteiger partial charge in [0, 0.05) is 12.1 Å². The SMILES string of the molecule is COC(=O)C(=O)c1cc2c(cc1F)NC(=O)CC2. The van der Waals surface area contributed by atoms with Gasteiger partial charge >= 0.3 is 5.97 Å². The molecule has 1 heterocycles. The van der Waals surface area contributed by atoms with Crippen LogP contribution in [0.2, 0.25) is 0 Å². The molecule has 0 aromatic heterocycles. The third-order valence-electron chi connectivity index (χ3n) is 2.70. The summed E-state index contributed by atoms with van der Waals surface area (Å²) in [7, 11) is 1.05. The average molecular weight is 251 g/mol. The Balaban J connectivity index is 2.42. The normalized spacial score (nSPS) is 13.6. The first-order valence-corrected chi connectivity index (χ1v) is 5.28. The molecule has 6 heteroatoms. The molecule has 1 amide bonds. The monoisotopic (exact) mass is 251 g/mol.